The highest BCUT2D eigenvalue weighted by molar-refractivity contribution is 7.99. The normalized spacial score (nSPS) is 20.0. The number of nitrogens with zero attached hydrogens (tertiary/aromatic N) is 3. The van der Waals surface area contributed by atoms with Crippen molar-refractivity contribution in [1.82, 2.24) is 20.1 Å². The molecule has 1 N–H and O–H groups in total. The van der Waals surface area contributed by atoms with Crippen LogP contribution in [0.5, 0.6) is 0 Å². The zero-order valence-corrected chi connectivity index (χ0v) is 11.3. The summed E-state index contributed by atoms with van der Waals surface area (Å²) in [7, 11) is 3.94. The van der Waals surface area contributed by atoms with Gasteiger partial charge in [-0.2, -0.15) is 0 Å². The SMILES string of the molecule is CNCc1nnc(SCC[C@H]2CCOC2)n1C. The van der Waals surface area contributed by atoms with Crippen LogP contribution in [0.25, 0.3) is 0 Å². The summed E-state index contributed by atoms with van der Waals surface area (Å²) in [5.41, 5.74) is 0. The summed E-state index contributed by atoms with van der Waals surface area (Å²) < 4.78 is 7.43. The van der Waals surface area contributed by atoms with Crippen molar-refractivity contribution in [3.8, 4) is 0 Å². The molecule has 1 aliphatic heterocycles. The van der Waals surface area contributed by atoms with Crippen LogP contribution >= 0.6 is 11.8 Å². The van der Waals surface area contributed by atoms with E-state index in [0.29, 0.717) is 0 Å². The molecule has 5 nitrogen and oxygen atoms in total. The van der Waals surface area contributed by atoms with Crippen LogP contribution in [0.4, 0.5) is 0 Å². The van der Waals surface area contributed by atoms with Gasteiger partial charge in [0, 0.05) is 26.0 Å². The van der Waals surface area contributed by atoms with Gasteiger partial charge in [-0.05, 0) is 25.8 Å². The molecular formula is C11H20N4OS. The Bertz CT molecular complexity index is 349. The molecule has 96 valence electrons. The van der Waals surface area contributed by atoms with E-state index in [4.69, 9.17) is 4.74 Å². The molecule has 0 aromatic carbocycles. The number of ether oxygens (including phenoxy) is 1. The maximum absolute atomic E-state index is 5.37. The first-order chi connectivity index (χ1) is 8.31. The largest absolute Gasteiger partial charge is 0.381 e. The Balaban J connectivity index is 1.78. The van der Waals surface area contributed by atoms with Crippen molar-refractivity contribution in [2.75, 3.05) is 26.0 Å². The van der Waals surface area contributed by atoms with Gasteiger partial charge in [-0.25, -0.2) is 0 Å². The van der Waals surface area contributed by atoms with E-state index in [9.17, 15) is 0 Å². The number of thioether (sulfide) groups is 1. The third kappa shape index (κ3) is 3.43. The van der Waals surface area contributed by atoms with Crippen LogP contribution in [0.2, 0.25) is 0 Å². The van der Waals surface area contributed by atoms with Crippen molar-refractivity contribution in [3.05, 3.63) is 5.82 Å². The molecule has 1 atom stereocenters. The second kappa shape index (κ2) is 6.37. The van der Waals surface area contributed by atoms with Gasteiger partial charge >= 0.3 is 0 Å². The molecule has 17 heavy (non-hydrogen) atoms. The average Bonchev–Trinajstić information content (AvgIpc) is 2.94. The second-order valence-electron chi connectivity index (χ2n) is 4.35. The van der Waals surface area contributed by atoms with E-state index in [-0.39, 0.29) is 0 Å². The molecule has 0 unspecified atom stereocenters. The van der Waals surface area contributed by atoms with Gasteiger partial charge in [-0.15, -0.1) is 10.2 Å². The Morgan fingerprint density at radius 2 is 2.41 bits per heavy atom. The van der Waals surface area contributed by atoms with E-state index in [0.717, 1.165) is 42.4 Å². The highest BCUT2D eigenvalue weighted by Gasteiger charge is 2.16. The van der Waals surface area contributed by atoms with Crippen LogP contribution in [0.15, 0.2) is 5.16 Å². The summed E-state index contributed by atoms with van der Waals surface area (Å²) >= 11 is 1.79. The quantitative estimate of drug-likeness (QED) is 0.771. The standard InChI is InChI=1S/C11H20N4OS/c1-12-7-10-13-14-11(15(10)2)17-6-4-9-3-5-16-8-9/h9,12H,3-8H2,1-2H3/t9-/m1/s1. The van der Waals surface area contributed by atoms with E-state index >= 15 is 0 Å². The minimum atomic E-state index is 0.743. The highest BCUT2D eigenvalue weighted by Crippen LogP contribution is 2.22. The zero-order valence-electron chi connectivity index (χ0n) is 10.5. The first-order valence-corrected chi connectivity index (χ1v) is 7.03. The lowest BCUT2D eigenvalue weighted by atomic mass is 10.1. The number of hydrogen-bond donors (Lipinski definition) is 1. The molecule has 0 spiro atoms. The van der Waals surface area contributed by atoms with Crippen molar-refractivity contribution in [1.29, 1.82) is 0 Å². The van der Waals surface area contributed by atoms with Crippen LogP contribution in [-0.4, -0.2) is 40.8 Å². The van der Waals surface area contributed by atoms with E-state index in [1.807, 2.05) is 14.1 Å². The van der Waals surface area contributed by atoms with Crippen LogP contribution in [0.1, 0.15) is 18.7 Å². The Morgan fingerprint density at radius 1 is 1.53 bits per heavy atom. The number of nitrogens with one attached hydrogen (secondary N) is 1. The maximum Gasteiger partial charge on any atom is 0.190 e. The molecule has 0 amide bonds. The zero-order chi connectivity index (χ0) is 12.1. The van der Waals surface area contributed by atoms with E-state index in [1.165, 1.54) is 12.8 Å². The molecule has 1 saturated heterocycles. The molecule has 0 bridgehead atoms. The Kier molecular flexibility index (Phi) is 4.82. The van der Waals surface area contributed by atoms with E-state index in [1.54, 1.807) is 11.8 Å². The van der Waals surface area contributed by atoms with Gasteiger partial charge < -0.3 is 14.6 Å². The van der Waals surface area contributed by atoms with Gasteiger partial charge in [0.25, 0.3) is 0 Å². The monoisotopic (exact) mass is 256 g/mol. The Hall–Kier alpha value is -0.590. The second-order valence-corrected chi connectivity index (χ2v) is 5.42. The molecular weight excluding hydrogens is 236 g/mol. The fourth-order valence-corrected chi connectivity index (χ4v) is 2.94. The van der Waals surface area contributed by atoms with Crippen molar-refractivity contribution in [2.24, 2.45) is 13.0 Å². The van der Waals surface area contributed by atoms with Gasteiger partial charge in [0.05, 0.1) is 6.54 Å². The minimum Gasteiger partial charge on any atom is -0.381 e. The lowest BCUT2D eigenvalue weighted by Crippen LogP contribution is -2.10. The first kappa shape index (κ1) is 12.9. The van der Waals surface area contributed by atoms with Crippen LogP contribution in [-0.2, 0) is 18.3 Å². The van der Waals surface area contributed by atoms with Gasteiger partial charge in [0.15, 0.2) is 5.16 Å². The van der Waals surface area contributed by atoms with E-state index in [2.05, 4.69) is 20.1 Å². The lowest BCUT2D eigenvalue weighted by Gasteiger charge is -2.06. The van der Waals surface area contributed by atoms with Gasteiger partial charge in [0.1, 0.15) is 5.82 Å². The number of aromatic nitrogens is 3. The molecule has 1 aromatic rings. The third-order valence-electron chi connectivity index (χ3n) is 3.04. The van der Waals surface area contributed by atoms with Gasteiger partial charge in [0.2, 0.25) is 0 Å². The summed E-state index contributed by atoms with van der Waals surface area (Å²) in [4.78, 5) is 0. The highest BCUT2D eigenvalue weighted by atomic mass is 32.2. The first-order valence-electron chi connectivity index (χ1n) is 6.04. The molecule has 2 heterocycles. The molecule has 0 aliphatic carbocycles. The molecule has 1 aromatic heterocycles. The van der Waals surface area contributed by atoms with Crippen molar-refractivity contribution >= 4 is 11.8 Å². The summed E-state index contributed by atoms with van der Waals surface area (Å²) in [6.07, 6.45) is 2.42. The topological polar surface area (TPSA) is 52.0 Å². The summed E-state index contributed by atoms with van der Waals surface area (Å²) in [6.45, 7) is 2.64. The van der Waals surface area contributed by atoms with Crippen LogP contribution < -0.4 is 5.32 Å². The lowest BCUT2D eigenvalue weighted by molar-refractivity contribution is 0.185. The third-order valence-corrected chi connectivity index (χ3v) is 4.09. The van der Waals surface area contributed by atoms with Crippen molar-refractivity contribution in [2.45, 2.75) is 24.5 Å². The predicted molar refractivity (Wildman–Crippen MR) is 68.0 cm³/mol. The van der Waals surface area contributed by atoms with E-state index < -0.39 is 0 Å². The summed E-state index contributed by atoms with van der Waals surface area (Å²) in [6, 6.07) is 0. The Labute approximate surface area is 106 Å². The summed E-state index contributed by atoms with van der Waals surface area (Å²) in [5.74, 6) is 2.83. The molecule has 2 rings (SSSR count). The van der Waals surface area contributed by atoms with Gasteiger partial charge in [-0.3, -0.25) is 0 Å². The van der Waals surface area contributed by atoms with Crippen molar-refractivity contribution < 1.29 is 4.74 Å². The van der Waals surface area contributed by atoms with Crippen LogP contribution in [0.3, 0.4) is 0 Å². The molecule has 6 heteroatoms. The molecule has 1 aliphatic rings. The number of hydrogen-bond acceptors (Lipinski definition) is 5. The maximum atomic E-state index is 5.37. The van der Waals surface area contributed by atoms with Crippen molar-refractivity contribution in [3.63, 3.8) is 0 Å². The minimum absolute atomic E-state index is 0.743. The molecule has 0 saturated carbocycles. The number of rotatable bonds is 6. The predicted octanol–water partition coefficient (Wildman–Crippen LogP) is 1.05. The fraction of sp³-hybridized carbons (Fsp3) is 0.818. The fourth-order valence-electron chi connectivity index (χ4n) is 1.91. The van der Waals surface area contributed by atoms with Gasteiger partial charge in [-0.1, -0.05) is 11.8 Å². The molecule has 0 radical (unpaired) electrons. The smallest absolute Gasteiger partial charge is 0.190 e. The summed E-state index contributed by atoms with van der Waals surface area (Å²) in [5, 5.41) is 12.5. The van der Waals surface area contributed by atoms with Crippen LogP contribution in [0, 0.1) is 5.92 Å². The molecule has 1 fully saturated rings. The Morgan fingerprint density at radius 3 is 3.12 bits per heavy atom. The average molecular weight is 256 g/mol.